The van der Waals surface area contributed by atoms with Crippen LogP contribution in [0.3, 0.4) is 0 Å². The molecule has 0 spiro atoms. The lowest BCUT2D eigenvalue weighted by Gasteiger charge is -2.26. The van der Waals surface area contributed by atoms with Crippen LogP contribution in [0.5, 0.6) is 0 Å². The minimum atomic E-state index is -0.353. The van der Waals surface area contributed by atoms with Gasteiger partial charge in [0.2, 0.25) is 0 Å². The molecule has 2 rings (SSSR count). The van der Waals surface area contributed by atoms with Gasteiger partial charge in [-0.2, -0.15) is 0 Å². The normalized spacial score (nSPS) is 16.4. The molecule has 2 heterocycles. The zero-order valence-corrected chi connectivity index (χ0v) is 14.3. The number of urea groups is 1. The van der Waals surface area contributed by atoms with Gasteiger partial charge in [0.25, 0.3) is 0 Å². The van der Waals surface area contributed by atoms with Crippen molar-refractivity contribution in [2.45, 2.75) is 39.3 Å². The number of aliphatic hydroxyl groups excluding tert-OH is 1. The average Bonchev–Trinajstić information content (AvgIpc) is 2.94. The number of fused-ring (bicyclic) bond motifs is 1. The van der Waals surface area contributed by atoms with Crippen molar-refractivity contribution in [1.29, 1.82) is 0 Å². The van der Waals surface area contributed by atoms with Gasteiger partial charge in [0.15, 0.2) is 0 Å². The van der Waals surface area contributed by atoms with E-state index in [0.29, 0.717) is 19.5 Å². The van der Waals surface area contributed by atoms with E-state index in [1.807, 2.05) is 25.2 Å². The van der Waals surface area contributed by atoms with Crippen molar-refractivity contribution in [1.82, 2.24) is 15.5 Å². The SMILES string of the molecule is CC(C)C(O)CCNC(=O)NCCN1CCc2sccc2C1. The number of rotatable bonds is 7. The Morgan fingerprint density at radius 2 is 2.18 bits per heavy atom. The van der Waals surface area contributed by atoms with Gasteiger partial charge in [-0.05, 0) is 35.8 Å². The van der Waals surface area contributed by atoms with Gasteiger partial charge < -0.3 is 15.7 Å². The van der Waals surface area contributed by atoms with Gasteiger partial charge in [0.05, 0.1) is 6.10 Å². The highest BCUT2D eigenvalue weighted by atomic mass is 32.1. The van der Waals surface area contributed by atoms with Gasteiger partial charge in [-0.15, -0.1) is 11.3 Å². The van der Waals surface area contributed by atoms with Crippen molar-refractivity contribution < 1.29 is 9.90 Å². The molecule has 0 radical (unpaired) electrons. The van der Waals surface area contributed by atoms with E-state index >= 15 is 0 Å². The van der Waals surface area contributed by atoms with Crippen LogP contribution in [0.25, 0.3) is 0 Å². The maximum Gasteiger partial charge on any atom is 0.314 e. The Bertz CT molecular complexity index is 476. The molecule has 0 aromatic carbocycles. The van der Waals surface area contributed by atoms with Crippen LogP contribution in [-0.4, -0.2) is 48.3 Å². The molecule has 0 saturated carbocycles. The lowest BCUT2D eigenvalue weighted by Crippen LogP contribution is -2.42. The van der Waals surface area contributed by atoms with Crippen LogP contribution in [0.15, 0.2) is 11.4 Å². The molecule has 1 aromatic heterocycles. The highest BCUT2D eigenvalue weighted by Gasteiger charge is 2.16. The van der Waals surface area contributed by atoms with E-state index < -0.39 is 0 Å². The van der Waals surface area contributed by atoms with Crippen molar-refractivity contribution in [2.24, 2.45) is 5.92 Å². The molecule has 1 unspecified atom stereocenters. The summed E-state index contributed by atoms with van der Waals surface area (Å²) in [7, 11) is 0. The first kappa shape index (κ1) is 17.2. The molecule has 1 aliphatic rings. The smallest absolute Gasteiger partial charge is 0.314 e. The minimum Gasteiger partial charge on any atom is -0.393 e. The molecular weight excluding hydrogens is 298 g/mol. The van der Waals surface area contributed by atoms with Crippen molar-refractivity contribution in [3.8, 4) is 0 Å². The summed E-state index contributed by atoms with van der Waals surface area (Å²) in [5.41, 5.74) is 1.43. The molecule has 124 valence electrons. The number of carbonyl (C=O) groups is 1. The lowest BCUT2D eigenvalue weighted by atomic mass is 10.0. The molecular formula is C16H27N3O2S. The summed E-state index contributed by atoms with van der Waals surface area (Å²) in [6.07, 6.45) is 1.36. The summed E-state index contributed by atoms with van der Waals surface area (Å²) in [6, 6.07) is 2.05. The first-order chi connectivity index (χ1) is 10.6. The first-order valence-corrected chi connectivity index (χ1v) is 8.91. The molecule has 1 aromatic rings. The standard InChI is InChI=1S/C16H27N3O2S/c1-12(2)14(20)3-6-17-16(21)18-7-9-19-8-4-15-13(11-19)5-10-22-15/h5,10,12,14,20H,3-4,6-9,11H2,1-2H3,(H2,17,18,21). The monoisotopic (exact) mass is 325 g/mol. The van der Waals surface area contributed by atoms with Crippen LogP contribution in [0.1, 0.15) is 30.7 Å². The van der Waals surface area contributed by atoms with Gasteiger partial charge in [-0.3, -0.25) is 4.90 Å². The summed E-state index contributed by atoms with van der Waals surface area (Å²) < 4.78 is 0. The molecule has 22 heavy (non-hydrogen) atoms. The number of nitrogens with zero attached hydrogens (tertiary/aromatic N) is 1. The zero-order valence-electron chi connectivity index (χ0n) is 13.5. The Morgan fingerprint density at radius 1 is 1.41 bits per heavy atom. The van der Waals surface area contributed by atoms with E-state index in [1.54, 1.807) is 0 Å². The topological polar surface area (TPSA) is 64.6 Å². The van der Waals surface area contributed by atoms with E-state index in [-0.39, 0.29) is 18.1 Å². The van der Waals surface area contributed by atoms with E-state index in [9.17, 15) is 9.90 Å². The molecule has 1 aliphatic heterocycles. The third kappa shape index (κ3) is 5.26. The molecule has 6 heteroatoms. The lowest BCUT2D eigenvalue weighted by molar-refractivity contribution is 0.116. The maximum atomic E-state index is 11.7. The second-order valence-corrected chi connectivity index (χ2v) is 7.18. The predicted octanol–water partition coefficient (Wildman–Crippen LogP) is 1.81. The van der Waals surface area contributed by atoms with Crippen molar-refractivity contribution >= 4 is 17.4 Å². The van der Waals surface area contributed by atoms with Gasteiger partial charge in [0.1, 0.15) is 0 Å². The molecule has 0 fully saturated rings. The van der Waals surface area contributed by atoms with Crippen molar-refractivity contribution in [3.63, 3.8) is 0 Å². The third-order valence-corrected chi connectivity index (χ3v) is 5.12. The Hall–Kier alpha value is -1.11. The molecule has 0 aliphatic carbocycles. The van der Waals surface area contributed by atoms with Crippen LogP contribution < -0.4 is 10.6 Å². The zero-order chi connectivity index (χ0) is 15.9. The van der Waals surface area contributed by atoms with Gasteiger partial charge in [-0.25, -0.2) is 4.79 Å². The number of carbonyl (C=O) groups excluding carboxylic acids is 1. The Morgan fingerprint density at radius 3 is 2.95 bits per heavy atom. The van der Waals surface area contributed by atoms with E-state index in [1.165, 1.54) is 10.4 Å². The average molecular weight is 325 g/mol. The summed E-state index contributed by atoms with van der Waals surface area (Å²) in [6.45, 7) is 8.03. The highest BCUT2D eigenvalue weighted by Crippen LogP contribution is 2.23. The first-order valence-electron chi connectivity index (χ1n) is 8.03. The minimum absolute atomic E-state index is 0.149. The molecule has 0 bridgehead atoms. The van der Waals surface area contributed by atoms with Crippen LogP contribution in [0.4, 0.5) is 4.79 Å². The number of hydrogen-bond acceptors (Lipinski definition) is 4. The fourth-order valence-corrected chi connectivity index (χ4v) is 3.44. The van der Waals surface area contributed by atoms with Crippen LogP contribution in [0.2, 0.25) is 0 Å². The van der Waals surface area contributed by atoms with Crippen molar-refractivity contribution in [3.05, 3.63) is 21.9 Å². The predicted molar refractivity (Wildman–Crippen MR) is 90.2 cm³/mol. The van der Waals surface area contributed by atoms with Gasteiger partial charge >= 0.3 is 6.03 Å². The Balaban J connectivity index is 1.56. The second kappa shape index (κ2) is 8.50. The number of aliphatic hydroxyl groups is 1. The fourth-order valence-electron chi connectivity index (χ4n) is 2.55. The maximum absolute atomic E-state index is 11.7. The number of thiophene rings is 1. The van der Waals surface area contributed by atoms with Crippen LogP contribution in [0, 0.1) is 5.92 Å². The highest BCUT2D eigenvalue weighted by molar-refractivity contribution is 7.10. The van der Waals surface area contributed by atoms with Gasteiger partial charge in [-0.1, -0.05) is 13.8 Å². The Labute approximate surface area is 136 Å². The van der Waals surface area contributed by atoms with Crippen LogP contribution >= 0.6 is 11.3 Å². The quantitative estimate of drug-likeness (QED) is 0.716. The number of nitrogens with one attached hydrogen (secondary N) is 2. The summed E-state index contributed by atoms with van der Waals surface area (Å²) >= 11 is 1.84. The molecule has 2 amide bonds. The molecule has 1 atom stereocenters. The largest absolute Gasteiger partial charge is 0.393 e. The second-order valence-electron chi connectivity index (χ2n) is 6.18. The van der Waals surface area contributed by atoms with E-state index in [0.717, 1.165) is 26.1 Å². The Kier molecular flexibility index (Phi) is 6.67. The molecule has 3 N–H and O–H groups in total. The summed E-state index contributed by atoms with van der Waals surface area (Å²) in [5.74, 6) is 0.228. The summed E-state index contributed by atoms with van der Waals surface area (Å²) in [4.78, 5) is 15.6. The van der Waals surface area contributed by atoms with Crippen molar-refractivity contribution in [2.75, 3.05) is 26.2 Å². The number of amides is 2. The van der Waals surface area contributed by atoms with Gasteiger partial charge in [0, 0.05) is 37.6 Å². The summed E-state index contributed by atoms with van der Waals surface area (Å²) in [5, 5.41) is 17.5. The number of hydrogen-bond donors (Lipinski definition) is 3. The third-order valence-electron chi connectivity index (χ3n) is 4.10. The molecule has 0 saturated heterocycles. The van der Waals surface area contributed by atoms with E-state index in [4.69, 9.17) is 0 Å². The van der Waals surface area contributed by atoms with Crippen LogP contribution in [-0.2, 0) is 13.0 Å². The van der Waals surface area contributed by atoms with E-state index in [2.05, 4.69) is 27.0 Å². The molecule has 5 nitrogen and oxygen atoms in total. The fraction of sp³-hybridized carbons (Fsp3) is 0.688.